The fourth-order valence-electron chi connectivity index (χ4n) is 1.62. The van der Waals surface area contributed by atoms with Crippen molar-refractivity contribution in [2.24, 2.45) is 0 Å². The molecule has 0 unspecified atom stereocenters. The smallest absolute Gasteiger partial charge is 0.188 e. The zero-order valence-electron chi connectivity index (χ0n) is 10.4. The second kappa shape index (κ2) is 5.89. The van der Waals surface area contributed by atoms with E-state index < -0.39 is 0 Å². The molecule has 0 heterocycles. The summed E-state index contributed by atoms with van der Waals surface area (Å²) in [5, 5.41) is 3.47. The molecule has 94 valence electrons. The second-order valence-corrected chi connectivity index (χ2v) is 4.19. The highest BCUT2D eigenvalue weighted by molar-refractivity contribution is 5.42. The topological polar surface area (TPSA) is 39.7 Å². The zero-order chi connectivity index (χ0) is 12.1. The lowest BCUT2D eigenvalue weighted by Gasteiger charge is -2.12. The van der Waals surface area contributed by atoms with Crippen LogP contribution in [0.25, 0.3) is 0 Å². The van der Waals surface area contributed by atoms with E-state index >= 15 is 0 Å². The van der Waals surface area contributed by atoms with Crippen LogP contribution in [-0.4, -0.2) is 27.1 Å². The van der Waals surface area contributed by atoms with Crippen LogP contribution < -0.4 is 14.8 Å². The lowest BCUT2D eigenvalue weighted by Crippen LogP contribution is -2.15. The molecule has 0 radical (unpaired) electrons. The van der Waals surface area contributed by atoms with Crippen LogP contribution in [0.2, 0.25) is 0 Å². The largest absolute Gasteiger partial charge is 0.493 e. The Morgan fingerprint density at radius 3 is 2.71 bits per heavy atom. The van der Waals surface area contributed by atoms with Gasteiger partial charge in [-0.3, -0.25) is 0 Å². The molecule has 1 aromatic rings. The number of methoxy groups -OCH3 is 2. The lowest BCUT2D eigenvalue weighted by atomic mass is 10.2. The molecule has 2 rings (SSSR count). The molecule has 0 amide bonds. The van der Waals surface area contributed by atoms with Gasteiger partial charge in [0.25, 0.3) is 0 Å². The van der Waals surface area contributed by atoms with Gasteiger partial charge in [-0.25, -0.2) is 0 Å². The Labute approximate surface area is 102 Å². The van der Waals surface area contributed by atoms with E-state index in [0.29, 0.717) is 6.04 Å². The fourth-order valence-corrected chi connectivity index (χ4v) is 1.62. The van der Waals surface area contributed by atoms with Gasteiger partial charge in [-0.2, -0.15) is 0 Å². The minimum absolute atomic E-state index is 0.232. The molecule has 1 N–H and O–H groups in total. The molecular weight excluding hydrogens is 218 g/mol. The van der Waals surface area contributed by atoms with E-state index in [1.54, 1.807) is 14.2 Å². The predicted molar refractivity (Wildman–Crippen MR) is 65.4 cm³/mol. The lowest BCUT2D eigenvalue weighted by molar-refractivity contribution is 0.0491. The van der Waals surface area contributed by atoms with Gasteiger partial charge in [0.1, 0.15) is 0 Å². The first-order chi connectivity index (χ1) is 8.33. The summed E-state index contributed by atoms with van der Waals surface area (Å²) in [5.41, 5.74) is 1.20. The molecule has 1 aliphatic carbocycles. The predicted octanol–water partition coefficient (Wildman–Crippen LogP) is 1.93. The minimum Gasteiger partial charge on any atom is -0.493 e. The van der Waals surface area contributed by atoms with Crippen LogP contribution in [-0.2, 0) is 11.3 Å². The van der Waals surface area contributed by atoms with E-state index in [1.165, 1.54) is 18.4 Å². The number of nitrogens with one attached hydrogen (secondary N) is 1. The standard InChI is InChI=1S/C13H19NO3/c1-15-9-17-13-7-10(3-6-12(13)16-2)8-14-11-4-5-11/h3,6-7,11,14H,4-5,8-9H2,1-2H3. The second-order valence-electron chi connectivity index (χ2n) is 4.19. The van der Waals surface area contributed by atoms with Crippen LogP contribution in [0.3, 0.4) is 0 Å². The normalized spacial score (nSPS) is 14.7. The highest BCUT2D eigenvalue weighted by Crippen LogP contribution is 2.28. The van der Waals surface area contributed by atoms with Crippen LogP contribution in [0, 0.1) is 0 Å². The van der Waals surface area contributed by atoms with Crippen molar-refractivity contribution in [2.75, 3.05) is 21.0 Å². The van der Waals surface area contributed by atoms with E-state index in [4.69, 9.17) is 14.2 Å². The van der Waals surface area contributed by atoms with Crippen LogP contribution in [0.1, 0.15) is 18.4 Å². The van der Waals surface area contributed by atoms with Gasteiger partial charge < -0.3 is 19.5 Å². The van der Waals surface area contributed by atoms with Crippen molar-refractivity contribution in [3.8, 4) is 11.5 Å². The first-order valence-corrected chi connectivity index (χ1v) is 5.85. The average Bonchev–Trinajstić information content (AvgIpc) is 3.18. The summed E-state index contributed by atoms with van der Waals surface area (Å²) >= 11 is 0. The Kier molecular flexibility index (Phi) is 4.23. The Bertz CT molecular complexity index is 364. The maximum absolute atomic E-state index is 5.47. The molecule has 0 aromatic heterocycles. The summed E-state index contributed by atoms with van der Waals surface area (Å²) < 4.78 is 15.6. The number of rotatable bonds is 7. The van der Waals surface area contributed by atoms with Crippen molar-refractivity contribution in [1.29, 1.82) is 0 Å². The van der Waals surface area contributed by atoms with E-state index in [0.717, 1.165) is 18.0 Å². The van der Waals surface area contributed by atoms with Gasteiger partial charge in [-0.15, -0.1) is 0 Å². The molecule has 1 fully saturated rings. The van der Waals surface area contributed by atoms with Gasteiger partial charge in [0.2, 0.25) is 0 Å². The molecule has 4 nitrogen and oxygen atoms in total. The van der Waals surface area contributed by atoms with Gasteiger partial charge in [-0.1, -0.05) is 6.07 Å². The van der Waals surface area contributed by atoms with E-state index in [2.05, 4.69) is 5.32 Å². The molecule has 0 spiro atoms. The Morgan fingerprint density at radius 1 is 1.24 bits per heavy atom. The van der Waals surface area contributed by atoms with E-state index in [1.807, 2.05) is 18.2 Å². The molecule has 17 heavy (non-hydrogen) atoms. The molecule has 1 aromatic carbocycles. The molecule has 0 saturated heterocycles. The third kappa shape index (κ3) is 3.61. The molecule has 4 heteroatoms. The molecule has 1 saturated carbocycles. The van der Waals surface area contributed by atoms with Gasteiger partial charge in [0.15, 0.2) is 18.3 Å². The molecule has 1 aliphatic rings. The Morgan fingerprint density at radius 2 is 2.06 bits per heavy atom. The van der Waals surface area contributed by atoms with Crippen molar-refractivity contribution < 1.29 is 14.2 Å². The van der Waals surface area contributed by atoms with Crippen molar-refractivity contribution in [2.45, 2.75) is 25.4 Å². The van der Waals surface area contributed by atoms with Crippen molar-refractivity contribution in [3.05, 3.63) is 23.8 Å². The Balaban J connectivity index is 2.00. The summed E-state index contributed by atoms with van der Waals surface area (Å²) in [7, 11) is 3.24. The summed E-state index contributed by atoms with van der Waals surface area (Å²) in [4.78, 5) is 0. The maximum atomic E-state index is 5.47. The summed E-state index contributed by atoms with van der Waals surface area (Å²) in [6, 6.07) is 6.68. The van der Waals surface area contributed by atoms with Gasteiger partial charge in [-0.05, 0) is 30.5 Å². The van der Waals surface area contributed by atoms with Gasteiger partial charge in [0, 0.05) is 19.7 Å². The van der Waals surface area contributed by atoms with Crippen LogP contribution in [0.15, 0.2) is 18.2 Å². The monoisotopic (exact) mass is 237 g/mol. The SMILES string of the molecule is COCOc1cc(CNC2CC2)ccc1OC. The third-order valence-electron chi connectivity index (χ3n) is 2.73. The first-order valence-electron chi connectivity index (χ1n) is 5.85. The number of hydrogen-bond acceptors (Lipinski definition) is 4. The summed E-state index contributed by atoms with van der Waals surface area (Å²) in [6.45, 7) is 1.11. The van der Waals surface area contributed by atoms with Crippen LogP contribution in [0.4, 0.5) is 0 Å². The number of hydrogen-bond donors (Lipinski definition) is 1. The maximum Gasteiger partial charge on any atom is 0.188 e. The summed E-state index contributed by atoms with van der Waals surface area (Å²) in [5.74, 6) is 1.46. The number of benzene rings is 1. The molecule has 0 aliphatic heterocycles. The molecule has 0 atom stereocenters. The van der Waals surface area contributed by atoms with E-state index in [9.17, 15) is 0 Å². The summed E-state index contributed by atoms with van der Waals surface area (Å²) in [6.07, 6.45) is 2.59. The van der Waals surface area contributed by atoms with Crippen LogP contribution in [0.5, 0.6) is 11.5 Å². The Hall–Kier alpha value is -1.26. The molecule has 0 bridgehead atoms. The third-order valence-corrected chi connectivity index (χ3v) is 2.73. The number of ether oxygens (including phenoxy) is 3. The first kappa shape index (κ1) is 12.2. The average molecular weight is 237 g/mol. The van der Waals surface area contributed by atoms with Crippen LogP contribution >= 0.6 is 0 Å². The quantitative estimate of drug-likeness (QED) is 0.736. The van der Waals surface area contributed by atoms with Crippen molar-refractivity contribution >= 4 is 0 Å². The van der Waals surface area contributed by atoms with Crippen molar-refractivity contribution in [3.63, 3.8) is 0 Å². The van der Waals surface area contributed by atoms with Crippen molar-refractivity contribution in [1.82, 2.24) is 5.32 Å². The minimum atomic E-state index is 0.232. The van der Waals surface area contributed by atoms with Gasteiger partial charge >= 0.3 is 0 Å². The highest BCUT2D eigenvalue weighted by atomic mass is 16.7. The fraction of sp³-hybridized carbons (Fsp3) is 0.538. The highest BCUT2D eigenvalue weighted by Gasteiger charge is 2.20. The zero-order valence-corrected chi connectivity index (χ0v) is 10.4. The van der Waals surface area contributed by atoms with E-state index in [-0.39, 0.29) is 6.79 Å². The van der Waals surface area contributed by atoms with Gasteiger partial charge in [0.05, 0.1) is 7.11 Å². The molecular formula is C13H19NO3.